The van der Waals surface area contributed by atoms with Gasteiger partial charge in [0, 0.05) is 20.4 Å². The summed E-state index contributed by atoms with van der Waals surface area (Å²) in [7, 11) is 9.42. The Morgan fingerprint density at radius 3 is 0.509 bits per heavy atom. The predicted molar refractivity (Wildman–Crippen MR) is 200 cm³/mol. The Balaban J connectivity index is 0.000000676. The third-order valence-corrected chi connectivity index (χ3v) is 8.25. The van der Waals surface area contributed by atoms with Gasteiger partial charge in [-0.05, 0) is 45.5 Å². The number of nitriles is 12. The van der Waals surface area contributed by atoms with Gasteiger partial charge in [0.1, 0.15) is 72.8 Å². The van der Waals surface area contributed by atoms with E-state index in [0.29, 0.717) is 21.2 Å². The largest absolute Gasteiger partial charge is 0.192 e. The molecule has 0 N–H and O–H groups in total. The van der Waals surface area contributed by atoms with Crippen molar-refractivity contribution in [1.82, 2.24) is 0 Å². The average Bonchev–Trinajstić information content (AvgIpc) is 3.17. The molecule has 4 rings (SSSR count). The Hall–Kier alpha value is -6.86. The topological polar surface area (TPSA) is 285 Å². The van der Waals surface area contributed by atoms with Crippen LogP contribution in [0.15, 0.2) is 48.5 Å². The molecule has 0 saturated heterocycles. The Bertz CT molecular complexity index is 2260. The van der Waals surface area contributed by atoms with Gasteiger partial charge in [-0.15, -0.1) is 37.0 Å². The molecule has 53 heavy (non-hydrogen) atoms. The fourth-order valence-electron chi connectivity index (χ4n) is 3.79. The van der Waals surface area contributed by atoms with Gasteiger partial charge in [0.15, 0.2) is 0 Å². The van der Waals surface area contributed by atoms with Crippen LogP contribution in [-0.4, -0.2) is 0 Å². The van der Waals surface area contributed by atoms with Crippen molar-refractivity contribution in [2.45, 2.75) is 0 Å². The van der Waals surface area contributed by atoms with Crippen LogP contribution < -0.4 is 21.2 Å². The molecule has 0 heterocycles. The van der Waals surface area contributed by atoms with Crippen molar-refractivity contribution in [2.24, 2.45) is 0 Å². The molecule has 0 bridgehead atoms. The minimum absolute atomic E-state index is 0. The van der Waals surface area contributed by atoms with Crippen molar-refractivity contribution < 1.29 is 20.4 Å². The van der Waals surface area contributed by atoms with Gasteiger partial charge in [0.2, 0.25) is 0 Å². The van der Waals surface area contributed by atoms with Gasteiger partial charge in [0.25, 0.3) is 0 Å². The quantitative estimate of drug-likeness (QED) is 0.182. The molecule has 4 unspecified atom stereocenters. The molecule has 250 valence electrons. The Labute approximate surface area is 328 Å². The first-order valence-electron chi connectivity index (χ1n) is 13.5. The summed E-state index contributed by atoms with van der Waals surface area (Å²) in [5.41, 5.74) is 2.59. The molecule has 0 saturated carbocycles. The maximum Gasteiger partial charge on any atom is 0.102 e. The first kappa shape index (κ1) is 46.1. The molecule has 4 atom stereocenters. The van der Waals surface area contributed by atoms with Crippen LogP contribution in [0.2, 0.25) is 0 Å². The third kappa shape index (κ3) is 11.6. The summed E-state index contributed by atoms with van der Waals surface area (Å²) in [6.07, 6.45) is 0. The summed E-state index contributed by atoms with van der Waals surface area (Å²) in [6, 6.07) is 35.1. The fourth-order valence-corrected chi connectivity index (χ4v) is 5.01. The van der Waals surface area contributed by atoms with E-state index in [1.165, 1.54) is 24.3 Å². The fraction of sp³-hybridized carbons (Fsp3) is 0. The normalized spacial score (nSPS) is 8.00. The molecule has 17 heteroatoms. The average molecular weight is 847 g/mol. The number of nitrogens with zero attached hydrogens (tertiary/aromatic N) is 12. The predicted octanol–water partition coefficient (Wildman–Crippen LogP) is 3.21. The molecular formula is C36H16N12P4Pd. The molecule has 0 fully saturated rings. The van der Waals surface area contributed by atoms with Crippen molar-refractivity contribution in [1.29, 1.82) is 63.1 Å². The van der Waals surface area contributed by atoms with Crippen molar-refractivity contribution >= 4 is 58.2 Å². The zero-order valence-electron chi connectivity index (χ0n) is 26.6. The van der Waals surface area contributed by atoms with Gasteiger partial charge in [-0.1, -0.05) is 24.3 Å². The van der Waals surface area contributed by atoms with E-state index in [1.807, 2.05) is 72.8 Å². The van der Waals surface area contributed by atoms with E-state index in [9.17, 15) is 0 Å². The smallest absolute Gasteiger partial charge is 0.102 e. The molecule has 4 aromatic rings. The van der Waals surface area contributed by atoms with E-state index in [0.717, 1.165) is 0 Å². The van der Waals surface area contributed by atoms with E-state index < -0.39 is 0 Å². The number of hydrogen-bond acceptors (Lipinski definition) is 12. The molecule has 0 aliphatic heterocycles. The van der Waals surface area contributed by atoms with Crippen LogP contribution in [0.4, 0.5) is 0 Å². The summed E-state index contributed by atoms with van der Waals surface area (Å²) in [5, 5.41) is 107. The second-order valence-electron chi connectivity index (χ2n) is 9.15. The van der Waals surface area contributed by atoms with E-state index in [1.54, 1.807) is 24.3 Å². The molecule has 0 amide bonds. The van der Waals surface area contributed by atoms with E-state index >= 15 is 0 Å². The summed E-state index contributed by atoms with van der Waals surface area (Å²) in [4.78, 5) is 0. The summed E-state index contributed by atoms with van der Waals surface area (Å²) >= 11 is 0. The second-order valence-corrected chi connectivity index (χ2v) is 11.6. The van der Waals surface area contributed by atoms with Gasteiger partial charge < -0.3 is 0 Å². The van der Waals surface area contributed by atoms with E-state index in [-0.39, 0.29) is 87.2 Å². The van der Waals surface area contributed by atoms with Gasteiger partial charge in [-0.25, -0.2) is 0 Å². The van der Waals surface area contributed by atoms with Crippen LogP contribution in [-0.2, 0) is 20.4 Å². The standard InChI is InChI=1S/4C9H4N3P.Pd/c4*10-3-6-1-2-9(13)8(5-12)7(6)4-11;/h4*1-2H,13H2;. The number of rotatable bonds is 0. The molecular weight excluding hydrogens is 831 g/mol. The summed E-state index contributed by atoms with van der Waals surface area (Å²) in [5.74, 6) is 0. The zero-order valence-corrected chi connectivity index (χ0v) is 32.8. The van der Waals surface area contributed by atoms with Crippen LogP contribution >= 0.6 is 37.0 Å². The summed E-state index contributed by atoms with van der Waals surface area (Å²) in [6.45, 7) is 0. The van der Waals surface area contributed by atoms with E-state index in [2.05, 4.69) is 37.0 Å². The Morgan fingerprint density at radius 2 is 0.396 bits per heavy atom. The maximum atomic E-state index is 8.73. The Morgan fingerprint density at radius 1 is 0.245 bits per heavy atom. The van der Waals surface area contributed by atoms with Crippen LogP contribution in [0.3, 0.4) is 0 Å². The van der Waals surface area contributed by atoms with Gasteiger partial charge in [-0.2, -0.15) is 63.1 Å². The monoisotopic (exact) mass is 846 g/mol. The molecule has 0 spiro atoms. The number of hydrogen-bond donors (Lipinski definition) is 0. The van der Waals surface area contributed by atoms with Crippen LogP contribution in [0, 0.1) is 136 Å². The van der Waals surface area contributed by atoms with Crippen molar-refractivity contribution in [2.75, 3.05) is 0 Å². The first-order chi connectivity index (χ1) is 25.0. The van der Waals surface area contributed by atoms with Crippen molar-refractivity contribution in [3.05, 3.63) is 115 Å². The van der Waals surface area contributed by atoms with E-state index in [4.69, 9.17) is 63.1 Å². The first-order valence-corrected chi connectivity index (χ1v) is 15.8. The van der Waals surface area contributed by atoms with Gasteiger partial charge in [-0.3, -0.25) is 0 Å². The van der Waals surface area contributed by atoms with Gasteiger partial charge >= 0.3 is 0 Å². The molecule has 4 aromatic carbocycles. The minimum Gasteiger partial charge on any atom is -0.192 e. The van der Waals surface area contributed by atoms with Crippen molar-refractivity contribution in [3.63, 3.8) is 0 Å². The van der Waals surface area contributed by atoms with Crippen LogP contribution in [0.1, 0.15) is 66.8 Å². The maximum absolute atomic E-state index is 8.73. The molecule has 0 aromatic heterocycles. The summed E-state index contributed by atoms with van der Waals surface area (Å²) < 4.78 is 0. The number of benzene rings is 4. The third-order valence-electron chi connectivity index (χ3n) is 6.33. The second kappa shape index (κ2) is 23.5. The molecule has 12 nitrogen and oxygen atoms in total. The molecule has 0 aliphatic rings. The van der Waals surface area contributed by atoms with Crippen LogP contribution in [0.25, 0.3) is 0 Å². The minimum atomic E-state index is 0. The van der Waals surface area contributed by atoms with Crippen molar-refractivity contribution in [3.8, 4) is 72.8 Å². The Kier molecular flexibility index (Phi) is 20.5. The zero-order chi connectivity index (χ0) is 39.4. The van der Waals surface area contributed by atoms with Gasteiger partial charge in [0.05, 0.1) is 66.8 Å². The van der Waals surface area contributed by atoms with Crippen LogP contribution in [0.5, 0.6) is 0 Å². The molecule has 0 radical (unpaired) electrons. The SMILES string of the molecule is N#Cc1ccc(P)c(C#N)c1C#N.N#Cc1ccc(P)c(C#N)c1C#N.N#Cc1ccc(P)c(C#N)c1C#N.N#Cc1ccc(P)c(C#N)c1C#N.[Pd]. The molecule has 0 aliphatic carbocycles.